The summed E-state index contributed by atoms with van der Waals surface area (Å²) in [5.74, 6) is 0. The van der Waals surface area contributed by atoms with Gasteiger partial charge in [0.05, 0.1) is 4.90 Å². The molecule has 1 atom stereocenters. The van der Waals surface area contributed by atoms with Gasteiger partial charge in [-0.05, 0) is 64.4 Å². The van der Waals surface area contributed by atoms with Crippen LogP contribution in [0.3, 0.4) is 0 Å². The Labute approximate surface area is 218 Å². The summed E-state index contributed by atoms with van der Waals surface area (Å²) in [7, 11) is -5.73. The molecule has 1 aromatic carbocycles. The number of benzene rings is 1. The average Bonchev–Trinajstić information content (AvgIpc) is 2.73. The summed E-state index contributed by atoms with van der Waals surface area (Å²) in [6, 6.07) is 6.23. The second kappa shape index (κ2) is 11.6. The number of pyridine rings is 1. The normalized spacial score (nSPS) is 14.0. The molecule has 0 aliphatic carbocycles. The molecule has 0 fully saturated rings. The number of sulfonamides is 1. The molecule has 0 aliphatic rings. The molecule has 1 aromatic heterocycles. The molecule has 202 valence electrons. The highest BCUT2D eigenvalue weighted by Gasteiger charge is 2.37. The van der Waals surface area contributed by atoms with Crippen molar-refractivity contribution in [3.05, 3.63) is 36.7 Å². The number of carbonyl (C=O) groups is 1. The quantitative estimate of drug-likeness (QED) is 0.315. The largest absolute Gasteiger partial charge is 0.444 e. The number of carbonyl (C=O) groups excluding carboxylic acids is 1. The van der Waals surface area contributed by atoms with Crippen molar-refractivity contribution in [1.29, 1.82) is 0 Å². The van der Waals surface area contributed by atoms with Crippen molar-refractivity contribution in [2.24, 2.45) is 0 Å². The fraction of sp³-hybridized carbons (Fsp3) is 0.615. The Morgan fingerprint density at radius 2 is 1.81 bits per heavy atom. The van der Waals surface area contributed by atoms with E-state index in [-0.39, 0.29) is 16.5 Å². The van der Waals surface area contributed by atoms with Crippen molar-refractivity contribution < 1.29 is 22.4 Å². The summed E-state index contributed by atoms with van der Waals surface area (Å²) in [4.78, 5) is 18.7. The molecular weight excluding hydrogens is 494 g/mol. The van der Waals surface area contributed by atoms with Crippen molar-refractivity contribution in [3.8, 4) is 0 Å². The molecule has 0 saturated carbocycles. The topological polar surface area (TPSA) is 97.8 Å². The minimum Gasteiger partial charge on any atom is -0.444 e. The predicted octanol–water partition coefficient (Wildman–Crippen LogP) is 5.55. The van der Waals surface area contributed by atoms with Gasteiger partial charge in [-0.15, -0.1) is 0 Å². The van der Waals surface area contributed by atoms with Crippen molar-refractivity contribution in [1.82, 2.24) is 14.6 Å². The highest BCUT2D eigenvalue weighted by atomic mass is 32.2. The standard InChI is InChI=1S/C26H43N3O5SSi/c1-20(28-35(31,32)23-13-10-12-21-18-27-15-14-22(21)23)19-29(24(30)34-25(2,3)4)16-11-17-33-36(8,9)26(5,6)7/h10,12-15,18,20,28H,11,16-17,19H2,1-9H3. The van der Waals surface area contributed by atoms with E-state index >= 15 is 0 Å². The first-order valence-electron chi connectivity index (χ1n) is 12.4. The van der Waals surface area contributed by atoms with E-state index in [0.717, 1.165) is 5.39 Å². The molecule has 1 heterocycles. The maximum absolute atomic E-state index is 13.2. The lowest BCUT2D eigenvalue weighted by atomic mass is 10.2. The van der Waals surface area contributed by atoms with Gasteiger partial charge < -0.3 is 14.1 Å². The summed E-state index contributed by atoms with van der Waals surface area (Å²) < 4.78 is 41.0. The van der Waals surface area contributed by atoms with Gasteiger partial charge >= 0.3 is 6.09 Å². The molecule has 0 spiro atoms. The minimum atomic E-state index is -3.83. The van der Waals surface area contributed by atoms with Crippen molar-refractivity contribution in [3.63, 3.8) is 0 Å². The van der Waals surface area contributed by atoms with Gasteiger partial charge in [0, 0.05) is 48.9 Å². The van der Waals surface area contributed by atoms with E-state index in [4.69, 9.17) is 9.16 Å². The monoisotopic (exact) mass is 537 g/mol. The van der Waals surface area contributed by atoms with Crippen LogP contribution in [0.4, 0.5) is 4.79 Å². The van der Waals surface area contributed by atoms with Crippen molar-refractivity contribution in [2.45, 2.75) is 89.6 Å². The van der Waals surface area contributed by atoms with Crippen LogP contribution >= 0.6 is 0 Å². The Morgan fingerprint density at radius 3 is 2.42 bits per heavy atom. The van der Waals surface area contributed by atoms with Gasteiger partial charge in [-0.25, -0.2) is 17.9 Å². The van der Waals surface area contributed by atoms with Gasteiger partial charge in [0.2, 0.25) is 10.0 Å². The smallest absolute Gasteiger partial charge is 0.410 e. The lowest BCUT2D eigenvalue weighted by Gasteiger charge is -2.36. The van der Waals surface area contributed by atoms with Crippen LogP contribution in [0.2, 0.25) is 18.1 Å². The number of hydrogen-bond acceptors (Lipinski definition) is 6. The van der Waals surface area contributed by atoms with E-state index < -0.39 is 36.1 Å². The Hall–Kier alpha value is -2.01. The third kappa shape index (κ3) is 8.54. The number of fused-ring (bicyclic) bond motifs is 1. The summed E-state index contributed by atoms with van der Waals surface area (Å²) in [5.41, 5.74) is -0.660. The molecule has 2 rings (SSSR count). The molecule has 10 heteroatoms. The Kier molecular flexibility index (Phi) is 9.72. The summed E-state index contributed by atoms with van der Waals surface area (Å²) in [6.07, 6.45) is 3.35. The van der Waals surface area contributed by atoms with E-state index in [1.807, 2.05) is 26.8 Å². The molecule has 2 aromatic rings. The highest BCUT2D eigenvalue weighted by Crippen LogP contribution is 2.36. The maximum atomic E-state index is 13.2. The lowest BCUT2D eigenvalue weighted by Crippen LogP contribution is -2.46. The van der Waals surface area contributed by atoms with Crippen LogP contribution in [0.1, 0.15) is 54.9 Å². The summed E-state index contributed by atoms with van der Waals surface area (Å²) >= 11 is 0. The average molecular weight is 538 g/mol. The van der Waals surface area contributed by atoms with E-state index in [1.165, 1.54) is 0 Å². The van der Waals surface area contributed by atoms with Crippen molar-refractivity contribution >= 4 is 35.2 Å². The number of amides is 1. The van der Waals surface area contributed by atoms with Crippen LogP contribution in [0.5, 0.6) is 0 Å². The van der Waals surface area contributed by atoms with E-state index in [1.54, 1.807) is 42.4 Å². The van der Waals surface area contributed by atoms with Gasteiger partial charge in [-0.1, -0.05) is 32.9 Å². The zero-order chi connectivity index (χ0) is 27.4. The number of rotatable bonds is 10. The van der Waals surface area contributed by atoms with E-state index in [0.29, 0.717) is 25.0 Å². The third-order valence-corrected chi connectivity index (χ3v) is 12.5. The molecule has 36 heavy (non-hydrogen) atoms. The van der Waals surface area contributed by atoms with Gasteiger partial charge in [0.15, 0.2) is 8.32 Å². The van der Waals surface area contributed by atoms with E-state index in [2.05, 4.69) is 43.6 Å². The number of nitrogens with one attached hydrogen (secondary N) is 1. The fourth-order valence-corrected chi connectivity index (χ4v) is 5.96. The Balaban J connectivity index is 2.12. The molecule has 0 aliphatic heterocycles. The van der Waals surface area contributed by atoms with Crippen LogP contribution in [0.15, 0.2) is 41.6 Å². The maximum Gasteiger partial charge on any atom is 0.410 e. The zero-order valence-electron chi connectivity index (χ0n) is 23.2. The van der Waals surface area contributed by atoms with Gasteiger partial charge in [0.1, 0.15) is 5.60 Å². The fourth-order valence-electron chi connectivity index (χ4n) is 3.41. The lowest BCUT2D eigenvalue weighted by molar-refractivity contribution is 0.0230. The first-order chi connectivity index (χ1) is 16.4. The summed E-state index contributed by atoms with van der Waals surface area (Å²) in [5, 5.41) is 1.44. The van der Waals surface area contributed by atoms with Gasteiger partial charge in [-0.3, -0.25) is 4.98 Å². The van der Waals surface area contributed by atoms with Gasteiger partial charge in [0.25, 0.3) is 0 Å². The molecule has 1 amide bonds. The molecule has 8 nitrogen and oxygen atoms in total. The number of nitrogens with zero attached hydrogens (tertiary/aromatic N) is 2. The number of ether oxygens (including phenoxy) is 1. The first-order valence-corrected chi connectivity index (χ1v) is 16.8. The molecule has 0 bridgehead atoms. The molecular formula is C26H43N3O5SSi. The molecule has 1 N–H and O–H groups in total. The number of aromatic nitrogens is 1. The second-order valence-corrected chi connectivity index (χ2v) is 18.3. The molecule has 0 saturated heterocycles. The SMILES string of the molecule is CC(CN(CCCO[Si](C)(C)C(C)(C)C)C(=O)OC(C)(C)C)NS(=O)(=O)c1cccc2cnccc12. The van der Waals surface area contributed by atoms with Crippen LogP contribution in [-0.2, 0) is 19.2 Å². The van der Waals surface area contributed by atoms with Crippen LogP contribution in [0, 0.1) is 0 Å². The molecule has 1 unspecified atom stereocenters. The highest BCUT2D eigenvalue weighted by molar-refractivity contribution is 7.89. The second-order valence-electron chi connectivity index (χ2n) is 11.8. The Bertz CT molecular complexity index is 1130. The molecule has 0 radical (unpaired) electrons. The van der Waals surface area contributed by atoms with Crippen molar-refractivity contribution in [2.75, 3.05) is 19.7 Å². The van der Waals surface area contributed by atoms with Crippen LogP contribution < -0.4 is 4.72 Å². The third-order valence-electron chi connectivity index (χ3n) is 6.27. The summed E-state index contributed by atoms with van der Waals surface area (Å²) in [6.45, 7) is 19.2. The van der Waals surface area contributed by atoms with E-state index in [9.17, 15) is 13.2 Å². The minimum absolute atomic E-state index is 0.0995. The first kappa shape index (κ1) is 30.2. The predicted molar refractivity (Wildman–Crippen MR) is 147 cm³/mol. The van der Waals surface area contributed by atoms with Gasteiger partial charge in [-0.2, -0.15) is 0 Å². The Morgan fingerprint density at radius 1 is 1.14 bits per heavy atom. The number of hydrogen-bond donors (Lipinski definition) is 1. The zero-order valence-corrected chi connectivity index (χ0v) is 25.0. The van der Waals surface area contributed by atoms with Crippen LogP contribution in [-0.4, -0.2) is 64.1 Å². The van der Waals surface area contributed by atoms with Crippen LogP contribution in [0.25, 0.3) is 10.8 Å².